The van der Waals surface area contributed by atoms with Crippen LogP contribution in [-0.2, 0) is 6.42 Å². The van der Waals surface area contributed by atoms with E-state index in [9.17, 15) is 9.50 Å². The minimum Gasteiger partial charge on any atom is -0.490 e. The third-order valence-electron chi connectivity index (χ3n) is 7.42. The molecule has 5 nitrogen and oxygen atoms in total. The second-order valence-electron chi connectivity index (χ2n) is 10.3. The summed E-state index contributed by atoms with van der Waals surface area (Å²) >= 11 is 0. The number of aromatic nitrogens is 2. The molecule has 1 unspecified atom stereocenters. The summed E-state index contributed by atoms with van der Waals surface area (Å²) in [5.74, 6) is 2.04. The van der Waals surface area contributed by atoms with Gasteiger partial charge in [0.25, 0.3) is 0 Å². The smallest absolute Gasteiger partial charge is 0.126 e. The van der Waals surface area contributed by atoms with Crippen molar-refractivity contribution in [2.24, 2.45) is 11.8 Å². The number of imidazole rings is 1. The molecule has 3 aromatic rings. The number of hydrogen-bond acceptors (Lipinski definition) is 4. The molecule has 0 aliphatic carbocycles. The molecule has 2 aliphatic rings. The van der Waals surface area contributed by atoms with Gasteiger partial charge in [0.1, 0.15) is 29.6 Å². The number of halogens is 1. The van der Waals surface area contributed by atoms with Crippen LogP contribution in [0, 0.1) is 17.7 Å². The lowest BCUT2D eigenvalue weighted by atomic mass is 9.72. The van der Waals surface area contributed by atoms with Crippen molar-refractivity contribution in [3.05, 3.63) is 59.7 Å². The summed E-state index contributed by atoms with van der Waals surface area (Å²) in [6.45, 7) is 7.36. The number of nitrogens with zero attached hydrogens (tertiary/aromatic N) is 2. The second kappa shape index (κ2) is 9.07. The number of likely N-dealkylation sites (tertiary alicyclic amines) is 1. The first-order chi connectivity index (χ1) is 15.9. The van der Waals surface area contributed by atoms with Crippen LogP contribution in [0.5, 0.6) is 5.75 Å². The van der Waals surface area contributed by atoms with Gasteiger partial charge in [0.15, 0.2) is 0 Å². The van der Waals surface area contributed by atoms with Crippen LogP contribution in [0.4, 0.5) is 4.39 Å². The molecule has 1 aromatic heterocycles. The van der Waals surface area contributed by atoms with E-state index in [2.05, 4.69) is 29.8 Å². The van der Waals surface area contributed by atoms with Gasteiger partial charge < -0.3 is 19.7 Å². The summed E-state index contributed by atoms with van der Waals surface area (Å²) in [6, 6.07) is 12.9. The van der Waals surface area contributed by atoms with Crippen LogP contribution < -0.4 is 4.74 Å². The van der Waals surface area contributed by atoms with Crippen LogP contribution >= 0.6 is 0 Å². The van der Waals surface area contributed by atoms with Gasteiger partial charge in [-0.1, -0.05) is 32.0 Å². The lowest BCUT2D eigenvalue weighted by Crippen LogP contribution is -2.50. The molecular weight excluding hydrogens is 417 g/mol. The van der Waals surface area contributed by atoms with Gasteiger partial charge in [0.05, 0.1) is 11.0 Å². The molecule has 176 valence electrons. The van der Waals surface area contributed by atoms with Crippen molar-refractivity contribution in [2.45, 2.75) is 51.0 Å². The van der Waals surface area contributed by atoms with Crippen molar-refractivity contribution in [3.8, 4) is 5.75 Å². The van der Waals surface area contributed by atoms with Crippen molar-refractivity contribution < 1.29 is 14.2 Å². The number of fused-ring (bicyclic) bond motifs is 2. The molecule has 33 heavy (non-hydrogen) atoms. The van der Waals surface area contributed by atoms with Gasteiger partial charge in [-0.15, -0.1) is 0 Å². The van der Waals surface area contributed by atoms with Crippen molar-refractivity contribution >= 4 is 11.0 Å². The van der Waals surface area contributed by atoms with Crippen LogP contribution in [0.1, 0.15) is 50.4 Å². The zero-order chi connectivity index (χ0) is 23.0. The summed E-state index contributed by atoms with van der Waals surface area (Å²) in [7, 11) is 0. The SMILES string of the molecule is CC(C)[C@H]1c2ccc(F)cc2OC[C@]1(O)CCN1CCCC(Cc2nc3ccccc3[nH]2)C1. The van der Waals surface area contributed by atoms with Gasteiger partial charge in [0, 0.05) is 37.1 Å². The molecule has 1 fully saturated rings. The van der Waals surface area contributed by atoms with E-state index in [0.717, 1.165) is 54.9 Å². The molecule has 1 saturated heterocycles. The number of hydrogen-bond donors (Lipinski definition) is 2. The third kappa shape index (κ3) is 4.64. The van der Waals surface area contributed by atoms with E-state index in [1.807, 2.05) is 18.2 Å². The van der Waals surface area contributed by atoms with E-state index in [4.69, 9.17) is 9.72 Å². The molecular formula is C27H34FN3O2. The topological polar surface area (TPSA) is 61.4 Å². The number of para-hydroxylation sites is 2. The van der Waals surface area contributed by atoms with Gasteiger partial charge in [-0.05, 0) is 55.8 Å². The number of rotatable bonds is 6. The molecule has 6 heteroatoms. The normalized spacial score (nSPS) is 25.8. The van der Waals surface area contributed by atoms with E-state index in [1.54, 1.807) is 6.07 Å². The van der Waals surface area contributed by atoms with Crippen LogP contribution in [-0.4, -0.2) is 51.8 Å². The van der Waals surface area contributed by atoms with E-state index in [-0.39, 0.29) is 24.3 Å². The maximum atomic E-state index is 13.7. The van der Waals surface area contributed by atoms with Crippen LogP contribution in [0.25, 0.3) is 11.0 Å². The highest BCUT2D eigenvalue weighted by Crippen LogP contribution is 2.45. The summed E-state index contributed by atoms with van der Waals surface area (Å²) in [5.41, 5.74) is 2.09. The molecule has 3 heterocycles. The monoisotopic (exact) mass is 451 g/mol. The largest absolute Gasteiger partial charge is 0.490 e. The Kier molecular flexibility index (Phi) is 6.14. The number of nitrogens with one attached hydrogen (secondary N) is 1. The minimum atomic E-state index is -0.954. The first kappa shape index (κ1) is 22.4. The molecule has 5 rings (SSSR count). The van der Waals surface area contributed by atoms with Gasteiger partial charge in [-0.2, -0.15) is 0 Å². The highest BCUT2D eigenvalue weighted by Gasteiger charge is 2.45. The first-order valence-corrected chi connectivity index (χ1v) is 12.2. The summed E-state index contributed by atoms with van der Waals surface area (Å²) < 4.78 is 19.6. The molecule has 0 radical (unpaired) electrons. The zero-order valence-corrected chi connectivity index (χ0v) is 19.6. The molecule has 0 spiro atoms. The number of piperidine rings is 1. The Morgan fingerprint density at radius 3 is 2.94 bits per heavy atom. The first-order valence-electron chi connectivity index (χ1n) is 12.2. The lowest BCUT2D eigenvalue weighted by Gasteiger charge is -2.44. The summed E-state index contributed by atoms with van der Waals surface area (Å²) in [4.78, 5) is 10.7. The maximum Gasteiger partial charge on any atom is 0.126 e. The lowest BCUT2D eigenvalue weighted by molar-refractivity contribution is -0.0663. The molecule has 3 atom stereocenters. The second-order valence-corrected chi connectivity index (χ2v) is 10.3. The molecule has 0 amide bonds. The average Bonchev–Trinajstić information content (AvgIpc) is 3.20. The number of H-pyrrole nitrogens is 1. The summed E-state index contributed by atoms with van der Waals surface area (Å²) in [5, 5.41) is 11.7. The Labute approximate surface area is 195 Å². The zero-order valence-electron chi connectivity index (χ0n) is 19.6. The number of ether oxygens (including phenoxy) is 1. The quantitative estimate of drug-likeness (QED) is 0.559. The predicted molar refractivity (Wildman–Crippen MR) is 128 cm³/mol. The van der Waals surface area contributed by atoms with Crippen LogP contribution in [0.15, 0.2) is 42.5 Å². The Balaban J connectivity index is 1.24. The fraction of sp³-hybridized carbons (Fsp3) is 0.519. The van der Waals surface area contributed by atoms with Crippen LogP contribution in [0.2, 0.25) is 0 Å². The fourth-order valence-electron chi connectivity index (χ4n) is 5.93. The molecule has 0 bridgehead atoms. The van der Waals surface area contributed by atoms with Gasteiger partial charge in [0.2, 0.25) is 0 Å². The Morgan fingerprint density at radius 1 is 1.27 bits per heavy atom. The maximum absolute atomic E-state index is 13.7. The third-order valence-corrected chi connectivity index (χ3v) is 7.42. The van der Waals surface area contributed by atoms with Crippen molar-refractivity contribution in [3.63, 3.8) is 0 Å². The van der Waals surface area contributed by atoms with E-state index < -0.39 is 5.60 Å². The Hall–Kier alpha value is -2.44. The number of aliphatic hydroxyl groups is 1. The number of benzene rings is 2. The number of aromatic amines is 1. The molecule has 2 aliphatic heterocycles. The Morgan fingerprint density at radius 2 is 2.12 bits per heavy atom. The van der Waals surface area contributed by atoms with Crippen LogP contribution in [0.3, 0.4) is 0 Å². The molecule has 2 aromatic carbocycles. The van der Waals surface area contributed by atoms with E-state index in [0.29, 0.717) is 18.1 Å². The van der Waals surface area contributed by atoms with E-state index in [1.165, 1.54) is 18.6 Å². The average molecular weight is 452 g/mol. The van der Waals surface area contributed by atoms with Crippen molar-refractivity contribution in [1.29, 1.82) is 0 Å². The van der Waals surface area contributed by atoms with Crippen molar-refractivity contribution in [1.82, 2.24) is 14.9 Å². The molecule has 2 N–H and O–H groups in total. The Bertz CT molecular complexity index is 1080. The standard InChI is InChI=1S/C27H34FN3O2/c1-18(2)26-21-10-9-20(28)15-24(21)33-17-27(26,32)11-13-31-12-5-6-19(16-31)14-25-29-22-7-3-4-8-23(22)30-25/h3-4,7-10,15,18-19,26,32H,5-6,11-14,16-17H2,1-2H3,(H,29,30)/t19?,26-,27+/m0/s1. The summed E-state index contributed by atoms with van der Waals surface area (Å²) in [6.07, 6.45) is 3.96. The van der Waals surface area contributed by atoms with Gasteiger partial charge in [-0.3, -0.25) is 0 Å². The van der Waals surface area contributed by atoms with E-state index >= 15 is 0 Å². The van der Waals surface area contributed by atoms with Gasteiger partial charge >= 0.3 is 0 Å². The minimum absolute atomic E-state index is 0.0713. The fourth-order valence-corrected chi connectivity index (χ4v) is 5.93. The highest BCUT2D eigenvalue weighted by atomic mass is 19.1. The molecule has 0 saturated carbocycles. The predicted octanol–water partition coefficient (Wildman–Crippen LogP) is 4.91. The van der Waals surface area contributed by atoms with Crippen molar-refractivity contribution in [2.75, 3.05) is 26.2 Å². The van der Waals surface area contributed by atoms with Gasteiger partial charge in [-0.25, -0.2) is 9.37 Å². The highest BCUT2D eigenvalue weighted by molar-refractivity contribution is 5.74.